The molecule has 3 aromatic rings. The summed E-state index contributed by atoms with van der Waals surface area (Å²) >= 11 is 1.27. The number of aryl methyl sites for hydroxylation is 1. The van der Waals surface area contributed by atoms with Crippen LogP contribution in [0.4, 0.5) is 0 Å². The largest absolute Gasteiger partial charge is 0.497 e. The summed E-state index contributed by atoms with van der Waals surface area (Å²) in [5, 5.41) is 10.2. The standard InChI is InChI=1S/C21H25N5O3S/c1-13-10-15-8-9-16(29-2)11-17(15)26-19(13)23-25-21(26)30-12-18(27)22-24-20(28)14-6-4-3-5-7-14/h8-11,14H,3-7,12H2,1-2H3,(H,22,27)(H,24,28). The summed E-state index contributed by atoms with van der Waals surface area (Å²) in [6.07, 6.45) is 5.09. The van der Waals surface area contributed by atoms with Gasteiger partial charge in [0.15, 0.2) is 10.8 Å². The van der Waals surface area contributed by atoms with Crippen LogP contribution in [0, 0.1) is 12.8 Å². The molecule has 0 saturated heterocycles. The molecule has 2 aromatic heterocycles. The zero-order chi connectivity index (χ0) is 21.1. The number of carbonyl (C=O) groups is 2. The van der Waals surface area contributed by atoms with Crippen molar-refractivity contribution in [3.05, 3.63) is 29.8 Å². The first kappa shape index (κ1) is 20.5. The second-order valence-electron chi connectivity index (χ2n) is 7.55. The number of thioether (sulfide) groups is 1. The average molecular weight is 428 g/mol. The molecule has 30 heavy (non-hydrogen) atoms. The molecule has 1 aliphatic rings. The normalized spacial score (nSPS) is 14.7. The minimum atomic E-state index is -0.282. The number of rotatable bonds is 5. The number of hydrogen-bond donors (Lipinski definition) is 2. The van der Waals surface area contributed by atoms with Crippen molar-refractivity contribution in [3.63, 3.8) is 0 Å². The van der Waals surface area contributed by atoms with Gasteiger partial charge in [-0.1, -0.05) is 31.0 Å². The van der Waals surface area contributed by atoms with Gasteiger partial charge in [0.05, 0.1) is 18.4 Å². The van der Waals surface area contributed by atoms with Crippen LogP contribution in [0.5, 0.6) is 5.75 Å². The first-order valence-electron chi connectivity index (χ1n) is 10.1. The SMILES string of the molecule is COc1ccc2cc(C)c3nnc(SCC(=O)NNC(=O)C4CCCCC4)n3c2c1. The Hall–Kier alpha value is -2.81. The Balaban J connectivity index is 1.46. The van der Waals surface area contributed by atoms with Crippen LogP contribution in [0.15, 0.2) is 29.4 Å². The Kier molecular flexibility index (Phi) is 6.08. The van der Waals surface area contributed by atoms with Crippen LogP contribution >= 0.6 is 11.8 Å². The number of methoxy groups -OCH3 is 1. The van der Waals surface area contributed by atoms with Gasteiger partial charge < -0.3 is 4.74 Å². The van der Waals surface area contributed by atoms with E-state index in [1.165, 1.54) is 18.2 Å². The second kappa shape index (κ2) is 8.91. The van der Waals surface area contributed by atoms with E-state index in [4.69, 9.17) is 4.74 Å². The highest BCUT2D eigenvalue weighted by atomic mass is 32.2. The maximum Gasteiger partial charge on any atom is 0.248 e. The van der Waals surface area contributed by atoms with Crippen molar-refractivity contribution in [2.75, 3.05) is 12.9 Å². The molecule has 1 aromatic carbocycles. The monoisotopic (exact) mass is 427 g/mol. The summed E-state index contributed by atoms with van der Waals surface area (Å²) in [6.45, 7) is 1.98. The molecule has 9 heteroatoms. The molecule has 0 bridgehead atoms. The first-order valence-corrected chi connectivity index (χ1v) is 11.1. The van der Waals surface area contributed by atoms with Gasteiger partial charge in [-0.2, -0.15) is 0 Å². The molecule has 2 amide bonds. The Morgan fingerprint density at radius 3 is 2.73 bits per heavy atom. The van der Waals surface area contributed by atoms with Gasteiger partial charge in [-0.15, -0.1) is 10.2 Å². The van der Waals surface area contributed by atoms with Crippen LogP contribution < -0.4 is 15.6 Å². The van der Waals surface area contributed by atoms with Gasteiger partial charge in [-0.05, 0) is 48.9 Å². The highest BCUT2D eigenvalue weighted by molar-refractivity contribution is 7.99. The van der Waals surface area contributed by atoms with E-state index in [9.17, 15) is 9.59 Å². The van der Waals surface area contributed by atoms with Crippen LogP contribution in [-0.4, -0.2) is 39.3 Å². The average Bonchev–Trinajstić information content (AvgIpc) is 3.21. The van der Waals surface area contributed by atoms with Crippen molar-refractivity contribution in [3.8, 4) is 5.75 Å². The molecule has 0 unspecified atom stereocenters. The zero-order valence-corrected chi connectivity index (χ0v) is 17.9. The molecular formula is C21H25N5O3S. The molecule has 158 valence electrons. The predicted molar refractivity (Wildman–Crippen MR) is 115 cm³/mol. The molecule has 0 radical (unpaired) electrons. The van der Waals surface area contributed by atoms with Crippen LogP contribution in [0.1, 0.15) is 37.7 Å². The predicted octanol–water partition coefficient (Wildman–Crippen LogP) is 3.02. The maximum atomic E-state index is 12.3. The lowest BCUT2D eigenvalue weighted by atomic mass is 9.89. The molecule has 2 N–H and O–H groups in total. The van der Waals surface area contributed by atoms with Gasteiger partial charge in [0, 0.05) is 12.0 Å². The lowest BCUT2D eigenvalue weighted by molar-refractivity contribution is -0.131. The van der Waals surface area contributed by atoms with Gasteiger partial charge in [0.1, 0.15) is 5.75 Å². The molecule has 8 nitrogen and oxygen atoms in total. The van der Waals surface area contributed by atoms with E-state index in [2.05, 4.69) is 27.1 Å². The Morgan fingerprint density at radius 1 is 1.17 bits per heavy atom. The topological polar surface area (TPSA) is 97.6 Å². The number of hydrazine groups is 1. The minimum absolute atomic E-state index is 0.00328. The fourth-order valence-electron chi connectivity index (χ4n) is 3.86. The number of hydrogen-bond acceptors (Lipinski definition) is 6. The van der Waals surface area contributed by atoms with Crippen LogP contribution in [0.25, 0.3) is 16.6 Å². The van der Waals surface area contributed by atoms with E-state index in [1.54, 1.807) is 7.11 Å². The summed E-state index contributed by atoms with van der Waals surface area (Å²) < 4.78 is 7.29. The molecule has 4 rings (SSSR count). The second-order valence-corrected chi connectivity index (χ2v) is 8.50. The van der Waals surface area contributed by atoms with E-state index in [0.717, 1.165) is 53.5 Å². The fraction of sp³-hybridized carbons (Fsp3) is 0.429. The third-order valence-corrected chi connectivity index (χ3v) is 6.40. The molecule has 1 aliphatic carbocycles. The summed E-state index contributed by atoms with van der Waals surface area (Å²) in [4.78, 5) is 24.5. The quantitative estimate of drug-likeness (QED) is 0.480. The number of nitrogens with one attached hydrogen (secondary N) is 2. The van der Waals surface area contributed by atoms with Crippen LogP contribution in [-0.2, 0) is 9.59 Å². The van der Waals surface area contributed by atoms with Gasteiger partial charge >= 0.3 is 0 Å². The minimum Gasteiger partial charge on any atom is -0.497 e. The van der Waals surface area contributed by atoms with E-state index >= 15 is 0 Å². The Morgan fingerprint density at radius 2 is 1.97 bits per heavy atom. The number of pyridine rings is 1. The van der Waals surface area contributed by atoms with Gasteiger partial charge in [-0.3, -0.25) is 24.8 Å². The van der Waals surface area contributed by atoms with Crippen molar-refractivity contribution in [1.82, 2.24) is 25.4 Å². The summed E-state index contributed by atoms with van der Waals surface area (Å²) in [5.74, 6) is 0.465. The summed E-state index contributed by atoms with van der Waals surface area (Å²) in [5.41, 5.74) is 7.73. The molecule has 0 atom stereocenters. The number of carbonyl (C=O) groups excluding carboxylic acids is 2. The number of benzene rings is 1. The highest BCUT2D eigenvalue weighted by Crippen LogP contribution is 2.28. The Labute approximate surface area is 178 Å². The van der Waals surface area contributed by atoms with Crippen molar-refractivity contribution in [1.29, 1.82) is 0 Å². The number of ether oxygens (including phenoxy) is 1. The number of fused-ring (bicyclic) bond motifs is 3. The lowest BCUT2D eigenvalue weighted by Crippen LogP contribution is -2.45. The summed E-state index contributed by atoms with van der Waals surface area (Å²) in [6, 6.07) is 7.89. The first-order chi connectivity index (χ1) is 14.6. The van der Waals surface area contributed by atoms with Crippen LogP contribution in [0.3, 0.4) is 0 Å². The molecule has 0 spiro atoms. The van der Waals surface area contributed by atoms with E-state index in [0.29, 0.717) is 5.16 Å². The molecule has 1 saturated carbocycles. The van der Waals surface area contributed by atoms with Crippen molar-refractivity contribution >= 4 is 40.1 Å². The highest BCUT2D eigenvalue weighted by Gasteiger charge is 2.21. The van der Waals surface area contributed by atoms with Gasteiger partial charge in [-0.25, -0.2) is 0 Å². The molecule has 2 heterocycles. The van der Waals surface area contributed by atoms with Crippen molar-refractivity contribution in [2.45, 2.75) is 44.2 Å². The van der Waals surface area contributed by atoms with Crippen LogP contribution in [0.2, 0.25) is 0 Å². The number of aromatic nitrogens is 3. The third kappa shape index (κ3) is 4.21. The van der Waals surface area contributed by atoms with Crippen molar-refractivity contribution in [2.24, 2.45) is 5.92 Å². The maximum absolute atomic E-state index is 12.3. The van der Waals surface area contributed by atoms with Gasteiger partial charge in [0.25, 0.3) is 0 Å². The molecule has 0 aliphatic heterocycles. The fourth-order valence-corrected chi connectivity index (χ4v) is 4.61. The summed E-state index contributed by atoms with van der Waals surface area (Å²) in [7, 11) is 1.63. The smallest absolute Gasteiger partial charge is 0.248 e. The number of nitrogens with zero attached hydrogens (tertiary/aromatic N) is 3. The van der Waals surface area contributed by atoms with E-state index in [-0.39, 0.29) is 23.5 Å². The lowest BCUT2D eigenvalue weighted by Gasteiger charge is -2.20. The van der Waals surface area contributed by atoms with E-state index in [1.807, 2.05) is 29.5 Å². The zero-order valence-electron chi connectivity index (χ0n) is 17.1. The molecule has 1 fully saturated rings. The Bertz CT molecular complexity index is 1090. The molecular weight excluding hydrogens is 402 g/mol. The number of amides is 2. The third-order valence-electron chi connectivity index (χ3n) is 5.47. The van der Waals surface area contributed by atoms with Crippen molar-refractivity contribution < 1.29 is 14.3 Å². The van der Waals surface area contributed by atoms with E-state index < -0.39 is 0 Å². The van der Waals surface area contributed by atoms with Gasteiger partial charge in [0.2, 0.25) is 11.8 Å².